The number of rotatable bonds is 7. The molecular weight excluding hydrogens is 332 g/mol. The predicted octanol–water partition coefficient (Wildman–Crippen LogP) is 3.86. The van der Waals surface area contributed by atoms with Crippen LogP contribution in [0.1, 0.15) is 23.5 Å². The quantitative estimate of drug-likeness (QED) is 0.451. The fourth-order valence-corrected chi connectivity index (χ4v) is 3.11. The SMILES string of the molecule is COc1ccc(NC(N)=NCCCCc2nc(C)cs2)cc1Cl. The summed E-state index contributed by atoms with van der Waals surface area (Å²) < 4.78 is 5.11. The van der Waals surface area contributed by atoms with Gasteiger partial charge in [0.25, 0.3) is 0 Å². The van der Waals surface area contributed by atoms with E-state index in [1.165, 1.54) is 5.01 Å². The number of aryl methyl sites for hydroxylation is 2. The zero-order chi connectivity index (χ0) is 16.7. The van der Waals surface area contributed by atoms with Gasteiger partial charge in [0.2, 0.25) is 0 Å². The van der Waals surface area contributed by atoms with Crippen LogP contribution in [-0.2, 0) is 6.42 Å². The van der Waals surface area contributed by atoms with Crippen molar-refractivity contribution in [2.45, 2.75) is 26.2 Å². The molecule has 0 bridgehead atoms. The minimum absolute atomic E-state index is 0.385. The highest BCUT2D eigenvalue weighted by Gasteiger charge is 2.02. The molecule has 7 heteroatoms. The molecule has 0 aliphatic rings. The fraction of sp³-hybridized carbons (Fsp3) is 0.375. The van der Waals surface area contributed by atoms with Crippen LogP contribution in [0.2, 0.25) is 5.02 Å². The summed E-state index contributed by atoms with van der Waals surface area (Å²) in [6.45, 7) is 2.70. The molecule has 124 valence electrons. The molecule has 0 saturated heterocycles. The molecule has 5 nitrogen and oxygen atoms in total. The smallest absolute Gasteiger partial charge is 0.193 e. The standard InChI is InChI=1S/C16H21ClN4OS/c1-11-10-23-15(20-11)5-3-4-8-19-16(18)21-12-6-7-14(22-2)13(17)9-12/h6-7,9-10H,3-5,8H2,1-2H3,(H3,18,19,21). The van der Waals surface area contributed by atoms with Crippen LogP contribution in [0.15, 0.2) is 28.6 Å². The van der Waals surface area contributed by atoms with E-state index < -0.39 is 0 Å². The van der Waals surface area contributed by atoms with Gasteiger partial charge in [0.15, 0.2) is 5.96 Å². The number of thiazole rings is 1. The Kier molecular flexibility index (Phi) is 6.67. The number of unbranched alkanes of at least 4 members (excludes halogenated alkanes) is 1. The lowest BCUT2D eigenvalue weighted by molar-refractivity contribution is 0.415. The molecule has 0 spiro atoms. The molecule has 23 heavy (non-hydrogen) atoms. The lowest BCUT2D eigenvalue weighted by atomic mass is 10.2. The minimum Gasteiger partial charge on any atom is -0.495 e. The molecule has 0 aliphatic heterocycles. The number of aliphatic imine (C=N–C) groups is 1. The Hall–Kier alpha value is -1.79. The number of aromatic nitrogens is 1. The van der Waals surface area contributed by atoms with Gasteiger partial charge in [-0.05, 0) is 44.4 Å². The molecule has 2 rings (SSSR count). The molecule has 2 aromatic rings. The second-order valence-electron chi connectivity index (χ2n) is 5.08. The zero-order valence-electron chi connectivity index (χ0n) is 13.3. The lowest BCUT2D eigenvalue weighted by Crippen LogP contribution is -2.22. The topological polar surface area (TPSA) is 72.5 Å². The van der Waals surface area contributed by atoms with E-state index in [0.717, 1.165) is 30.6 Å². The Labute approximate surface area is 145 Å². The average Bonchev–Trinajstić information content (AvgIpc) is 2.92. The van der Waals surface area contributed by atoms with Crippen molar-refractivity contribution in [2.75, 3.05) is 19.0 Å². The van der Waals surface area contributed by atoms with Gasteiger partial charge in [-0.15, -0.1) is 11.3 Å². The average molecular weight is 353 g/mol. The van der Waals surface area contributed by atoms with Crippen LogP contribution in [0.4, 0.5) is 5.69 Å². The van der Waals surface area contributed by atoms with Crippen molar-refractivity contribution in [2.24, 2.45) is 10.7 Å². The zero-order valence-corrected chi connectivity index (χ0v) is 14.9. The van der Waals surface area contributed by atoms with Crippen LogP contribution >= 0.6 is 22.9 Å². The van der Waals surface area contributed by atoms with E-state index >= 15 is 0 Å². The molecular formula is C16H21ClN4OS. The van der Waals surface area contributed by atoms with E-state index in [-0.39, 0.29) is 0 Å². The fourth-order valence-electron chi connectivity index (χ4n) is 2.04. The van der Waals surface area contributed by atoms with E-state index in [9.17, 15) is 0 Å². The van der Waals surface area contributed by atoms with Gasteiger partial charge < -0.3 is 15.8 Å². The number of nitrogens with zero attached hydrogens (tertiary/aromatic N) is 2. The molecule has 0 unspecified atom stereocenters. The number of halogens is 1. The Morgan fingerprint density at radius 1 is 1.43 bits per heavy atom. The number of ether oxygens (including phenoxy) is 1. The number of anilines is 1. The first kappa shape index (κ1) is 17.6. The monoisotopic (exact) mass is 352 g/mol. The third-order valence-electron chi connectivity index (χ3n) is 3.17. The van der Waals surface area contributed by atoms with E-state index in [1.54, 1.807) is 30.6 Å². The molecule has 0 saturated carbocycles. The van der Waals surface area contributed by atoms with Gasteiger partial charge in [0, 0.05) is 23.3 Å². The lowest BCUT2D eigenvalue weighted by Gasteiger charge is -2.08. The summed E-state index contributed by atoms with van der Waals surface area (Å²) >= 11 is 7.78. The number of nitrogens with two attached hydrogens (primary N) is 1. The highest BCUT2D eigenvalue weighted by Crippen LogP contribution is 2.27. The maximum absolute atomic E-state index is 6.07. The summed E-state index contributed by atoms with van der Waals surface area (Å²) in [6, 6.07) is 5.39. The summed E-state index contributed by atoms with van der Waals surface area (Å²) in [5, 5.41) is 6.82. The number of nitrogens with one attached hydrogen (secondary N) is 1. The van der Waals surface area contributed by atoms with Gasteiger partial charge >= 0.3 is 0 Å². The number of guanidine groups is 1. The molecule has 1 aromatic carbocycles. The second-order valence-corrected chi connectivity index (χ2v) is 6.43. The van der Waals surface area contributed by atoms with Gasteiger partial charge in [-0.3, -0.25) is 4.99 Å². The summed E-state index contributed by atoms with van der Waals surface area (Å²) in [4.78, 5) is 8.76. The summed E-state index contributed by atoms with van der Waals surface area (Å²) in [6.07, 6.45) is 3.03. The first-order valence-electron chi connectivity index (χ1n) is 7.40. The second kappa shape index (κ2) is 8.74. The molecule has 0 aliphatic carbocycles. The van der Waals surface area contributed by atoms with E-state index in [0.29, 0.717) is 23.3 Å². The minimum atomic E-state index is 0.385. The van der Waals surface area contributed by atoms with Gasteiger partial charge in [-0.25, -0.2) is 4.98 Å². The van der Waals surface area contributed by atoms with Crippen LogP contribution < -0.4 is 15.8 Å². The van der Waals surface area contributed by atoms with E-state index in [4.69, 9.17) is 22.1 Å². The Morgan fingerprint density at radius 2 is 2.26 bits per heavy atom. The van der Waals surface area contributed by atoms with Gasteiger partial charge in [0.1, 0.15) is 5.75 Å². The van der Waals surface area contributed by atoms with Gasteiger partial charge in [-0.1, -0.05) is 11.6 Å². The van der Waals surface area contributed by atoms with Crippen LogP contribution in [0.25, 0.3) is 0 Å². The largest absolute Gasteiger partial charge is 0.495 e. The molecule has 1 heterocycles. The van der Waals surface area contributed by atoms with Crippen LogP contribution in [0.3, 0.4) is 0 Å². The van der Waals surface area contributed by atoms with Gasteiger partial charge in [0.05, 0.1) is 17.1 Å². The number of hydrogen-bond donors (Lipinski definition) is 2. The van der Waals surface area contributed by atoms with Crippen molar-refractivity contribution in [3.8, 4) is 5.75 Å². The summed E-state index contributed by atoms with van der Waals surface area (Å²) in [7, 11) is 1.58. The van der Waals surface area contributed by atoms with Crippen molar-refractivity contribution in [3.05, 3.63) is 39.3 Å². The van der Waals surface area contributed by atoms with Crippen LogP contribution in [0.5, 0.6) is 5.75 Å². The van der Waals surface area contributed by atoms with Gasteiger partial charge in [-0.2, -0.15) is 0 Å². The Morgan fingerprint density at radius 3 is 2.91 bits per heavy atom. The van der Waals surface area contributed by atoms with E-state index in [2.05, 4.69) is 20.7 Å². The number of methoxy groups -OCH3 is 1. The van der Waals surface area contributed by atoms with Crippen LogP contribution in [0, 0.1) is 6.92 Å². The molecule has 3 N–H and O–H groups in total. The van der Waals surface area contributed by atoms with Crippen molar-refractivity contribution in [1.29, 1.82) is 0 Å². The van der Waals surface area contributed by atoms with Crippen molar-refractivity contribution in [3.63, 3.8) is 0 Å². The number of benzene rings is 1. The Balaban J connectivity index is 1.73. The maximum Gasteiger partial charge on any atom is 0.193 e. The Bertz CT molecular complexity index is 672. The van der Waals surface area contributed by atoms with Crippen molar-refractivity contribution >= 4 is 34.6 Å². The van der Waals surface area contributed by atoms with Crippen LogP contribution in [-0.4, -0.2) is 24.6 Å². The normalized spacial score (nSPS) is 11.5. The molecule has 0 atom stereocenters. The molecule has 1 aromatic heterocycles. The highest BCUT2D eigenvalue weighted by molar-refractivity contribution is 7.09. The first-order chi connectivity index (χ1) is 11.1. The maximum atomic E-state index is 6.07. The van der Waals surface area contributed by atoms with Crippen molar-refractivity contribution in [1.82, 2.24) is 4.98 Å². The third kappa shape index (κ3) is 5.73. The molecule has 0 radical (unpaired) electrons. The third-order valence-corrected chi connectivity index (χ3v) is 4.49. The summed E-state index contributed by atoms with van der Waals surface area (Å²) in [5.74, 6) is 1.02. The predicted molar refractivity (Wildman–Crippen MR) is 97.9 cm³/mol. The first-order valence-corrected chi connectivity index (χ1v) is 8.65. The van der Waals surface area contributed by atoms with E-state index in [1.807, 2.05) is 13.0 Å². The molecule has 0 fully saturated rings. The highest BCUT2D eigenvalue weighted by atomic mass is 35.5. The summed E-state index contributed by atoms with van der Waals surface area (Å²) in [5.41, 5.74) is 7.76. The number of hydrogen-bond acceptors (Lipinski definition) is 4. The van der Waals surface area contributed by atoms with Crippen molar-refractivity contribution < 1.29 is 4.74 Å². The molecule has 0 amide bonds.